The molecule has 0 radical (unpaired) electrons. The van der Waals surface area contributed by atoms with Crippen LogP contribution in [0.1, 0.15) is 13.3 Å². The summed E-state index contributed by atoms with van der Waals surface area (Å²) in [7, 11) is 0. The zero-order valence-electron chi connectivity index (χ0n) is 6.29. The van der Waals surface area contributed by atoms with Crippen molar-refractivity contribution in [1.82, 2.24) is 5.32 Å². The highest BCUT2D eigenvalue weighted by Crippen LogP contribution is 2.02. The van der Waals surface area contributed by atoms with Crippen LogP contribution in [-0.2, 0) is 4.79 Å². The normalized spacial score (nSPS) is 16.5. The second-order valence-electron chi connectivity index (χ2n) is 2.27. The average Bonchev–Trinajstić information content (AvgIpc) is 2.05. The van der Waals surface area contributed by atoms with Crippen molar-refractivity contribution in [3.63, 3.8) is 0 Å². The van der Waals surface area contributed by atoms with Gasteiger partial charge in [-0.15, -0.1) is 0 Å². The molecule has 11 heavy (non-hydrogen) atoms. The number of hydrogen-bond acceptors (Lipinski definition) is 3. The van der Waals surface area contributed by atoms with Gasteiger partial charge in [0, 0.05) is 6.20 Å². The first-order chi connectivity index (χ1) is 5.24. The predicted molar refractivity (Wildman–Crippen MR) is 41.4 cm³/mol. The molecule has 60 valence electrons. The molecule has 0 aromatic heterocycles. The first kappa shape index (κ1) is 7.78. The van der Waals surface area contributed by atoms with Gasteiger partial charge < -0.3 is 10.4 Å². The van der Waals surface area contributed by atoms with Gasteiger partial charge in [-0.2, -0.15) is 0 Å². The van der Waals surface area contributed by atoms with Crippen LogP contribution in [0.2, 0.25) is 0 Å². The van der Waals surface area contributed by atoms with Gasteiger partial charge in [0.05, 0.1) is 6.54 Å². The first-order valence-corrected chi connectivity index (χ1v) is 3.46. The Morgan fingerprint density at radius 1 is 1.91 bits per heavy atom. The van der Waals surface area contributed by atoms with Gasteiger partial charge in [0.25, 0.3) is 0 Å². The number of hydrogen-bond donors (Lipinski definition) is 2. The second kappa shape index (κ2) is 3.18. The lowest BCUT2D eigenvalue weighted by molar-refractivity contribution is -0.129. The standard InChI is InChI=1S/C7H10N2O2/c1-2-5-3-8-6(7(10)11)9-4-5/h3H,2,4H2,1H3,(H,8,9)(H,10,11). The van der Waals surface area contributed by atoms with Gasteiger partial charge in [-0.25, -0.2) is 4.79 Å². The number of carbonyl (C=O) groups is 1. The number of nitrogens with zero attached hydrogens (tertiary/aromatic N) is 1. The molecule has 0 saturated heterocycles. The lowest BCUT2D eigenvalue weighted by Gasteiger charge is -2.09. The number of carboxylic acid groups (broad SMARTS) is 1. The van der Waals surface area contributed by atoms with Crippen LogP contribution in [0, 0.1) is 0 Å². The van der Waals surface area contributed by atoms with E-state index >= 15 is 0 Å². The van der Waals surface area contributed by atoms with Crippen molar-refractivity contribution in [2.75, 3.05) is 6.54 Å². The highest BCUT2D eigenvalue weighted by Gasteiger charge is 2.10. The molecule has 0 amide bonds. The fraction of sp³-hybridized carbons (Fsp3) is 0.429. The molecule has 0 atom stereocenters. The molecular formula is C7H10N2O2. The van der Waals surface area contributed by atoms with E-state index in [9.17, 15) is 4.79 Å². The van der Waals surface area contributed by atoms with Gasteiger partial charge in [-0.05, 0) is 12.0 Å². The Balaban J connectivity index is 2.57. The number of amidine groups is 1. The summed E-state index contributed by atoms with van der Waals surface area (Å²) in [6.07, 6.45) is 2.61. The van der Waals surface area contributed by atoms with Crippen LogP contribution in [0.3, 0.4) is 0 Å². The molecule has 2 N–H and O–H groups in total. The summed E-state index contributed by atoms with van der Waals surface area (Å²) in [6.45, 7) is 2.51. The van der Waals surface area contributed by atoms with E-state index in [1.807, 2.05) is 6.92 Å². The van der Waals surface area contributed by atoms with Crippen LogP contribution >= 0.6 is 0 Å². The van der Waals surface area contributed by atoms with Crippen LogP contribution in [0.4, 0.5) is 0 Å². The fourth-order valence-corrected chi connectivity index (χ4v) is 0.786. The molecule has 1 rings (SSSR count). The molecule has 1 aliphatic rings. The van der Waals surface area contributed by atoms with E-state index in [1.54, 1.807) is 6.20 Å². The van der Waals surface area contributed by atoms with Crippen LogP contribution in [0.25, 0.3) is 0 Å². The molecule has 0 aromatic rings. The van der Waals surface area contributed by atoms with Gasteiger partial charge in [-0.3, -0.25) is 4.99 Å². The minimum absolute atomic E-state index is 0.0298. The van der Waals surface area contributed by atoms with Crippen molar-refractivity contribution < 1.29 is 9.90 Å². The lowest BCUT2D eigenvalue weighted by Crippen LogP contribution is -2.30. The third-order valence-corrected chi connectivity index (χ3v) is 1.51. The Morgan fingerprint density at radius 3 is 3.00 bits per heavy atom. The minimum atomic E-state index is -1.00. The highest BCUT2D eigenvalue weighted by molar-refractivity contribution is 6.34. The van der Waals surface area contributed by atoms with Gasteiger partial charge in [0.1, 0.15) is 0 Å². The van der Waals surface area contributed by atoms with Crippen LogP contribution < -0.4 is 5.32 Å². The quantitative estimate of drug-likeness (QED) is 0.604. The van der Waals surface area contributed by atoms with Crippen molar-refractivity contribution in [2.24, 2.45) is 4.99 Å². The average molecular weight is 154 g/mol. The van der Waals surface area contributed by atoms with E-state index in [2.05, 4.69) is 10.3 Å². The second-order valence-corrected chi connectivity index (χ2v) is 2.27. The molecule has 4 nitrogen and oxygen atoms in total. The zero-order valence-corrected chi connectivity index (χ0v) is 6.29. The predicted octanol–water partition coefficient (Wildman–Crippen LogP) is 0.367. The monoisotopic (exact) mass is 154 g/mol. The summed E-state index contributed by atoms with van der Waals surface area (Å²) in [5, 5.41) is 11.1. The van der Waals surface area contributed by atoms with E-state index in [4.69, 9.17) is 5.11 Å². The molecule has 0 spiro atoms. The molecule has 0 fully saturated rings. The molecule has 0 aromatic carbocycles. The first-order valence-electron chi connectivity index (χ1n) is 3.46. The van der Waals surface area contributed by atoms with Crippen LogP contribution in [0.5, 0.6) is 0 Å². The van der Waals surface area contributed by atoms with Crippen molar-refractivity contribution in [3.8, 4) is 0 Å². The number of carboxylic acids is 1. The molecule has 1 heterocycles. The number of rotatable bonds is 2. The minimum Gasteiger partial charge on any atom is -0.475 e. The maximum absolute atomic E-state index is 10.3. The Labute approximate surface area is 64.6 Å². The van der Waals surface area contributed by atoms with E-state index in [0.29, 0.717) is 6.54 Å². The van der Waals surface area contributed by atoms with Gasteiger partial charge >= 0.3 is 5.97 Å². The topological polar surface area (TPSA) is 61.7 Å². The molecule has 1 aliphatic heterocycles. The van der Waals surface area contributed by atoms with E-state index in [1.165, 1.54) is 0 Å². The Hall–Kier alpha value is -1.32. The third-order valence-electron chi connectivity index (χ3n) is 1.51. The third kappa shape index (κ3) is 1.80. The Bertz CT molecular complexity index is 231. The van der Waals surface area contributed by atoms with Crippen molar-refractivity contribution in [2.45, 2.75) is 13.3 Å². The molecule has 0 aliphatic carbocycles. The summed E-state index contributed by atoms with van der Waals surface area (Å²) < 4.78 is 0. The Morgan fingerprint density at radius 2 is 2.64 bits per heavy atom. The van der Waals surface area contributed by atoms with Gasteiger partial charge in [-0.1, -0.05) is 6.92 Å². The number of aliphatic imine (C=N–C) groups is 1. The molecule has 0 saturated carbocycles. The molecular weight excluding hydrogens is 144 g/mol. The van der Waals surface area contributed by atoms with Crippen molar-refractivity contribution >= 4 is 11.8 Å². The van der Waals surface area contributed by atoms with E-state index in [0.717, 1.165) is 12.0 Å². The SMILES string of the molecule is CCC1=CNC(C(=O)O)=NC1. The smallest absolute Gasteiger partial charge is 0.371 e. The van der Waals surface area contributed by atoms with Gasteiger partial charge in [0.2, 0.25) is 5.84 Å². The molecule has 0 bridgehead atoms. The van der Waals surface area contributed by atoms with Gasteiger partial charge in [0.15, 0.2) is 0 Å². The summed E-state index contributed by atoms with van der Waals surface area (Å²) in [5.74, 6) is -0.974. The summed E-state index contributed by atoms with van der Waals surface area (Å²) in [4.78, 5) is 14.1. The van der Waals surface area contributed by atoms with Crippen LogP contribution in [0.15, 0.2) is 16.8 Å². The number of nitrogens with one attached hydrogen (secondary N) is 1. The largest absolute Gasteiger partial charge is 0.475 e. The summed E-state index contributed by atoms with van der Waals surface area (Å²) in [5.41, 5.74) is 1.12. The van der Waals surface area contributed by atoms with E-state index < -0.39 is 5.97 Å². The van der Waals surface area contributed by atoms with E-state index in [-0.39, 0.29) is 5.84 Å². The fourth-order valence-electron chi connectivity index (χ4n) is 0.786. The highest BCUT2D eigenvalue weighted by atomic mass is 16.4. The maximum Gasteiger partial charge on any atom is 0.371 e. The summed E-state index contributed by atoms with van der Waals surface area (Å²) in [6, 6.07) is 0. The Kier molecular flexibility index (Phi) is 2.25. The van der Waals surface area contributed by atoms with Crippen LogP contribution in [-0.4, -0.2) is 23.5 Å². The molecule has 4 heteroatoms. The summed E-state index contributed by atoms with van der Waals surface area (Å²) >= 11 is 0. The van der Waals surface area contributed by atoms with Crippen molar-refractivity contribution in [3.05, 3.63) is 11.8 Å². The maximum atomic E-state index is 10.3. The molecule has 0 unspecified atom stereocenters. The number of aliphatic carboxylic acids is 1. The van der Waals surface area contributed by atoms with Crippen molar-refractivity contribution in [1.29, 1.82) is 0 Å². The zero-order chi connectivity index (χ0) is 8.27. The lowest BCUT2D eigenvalue weighted by atomic mass is 10.2.